The lowest BCUT2D eigenvalue weighted by molar-refractivity contribution is -0.136. The first kappa shape index (κ1) is 16.5. The average molecular weight is 322 g/mol. The van der Waals surface area contributed by atoms with E-state index in [-0.39, 0.29) is 17.6 Å². The van der Waals surface area contributed by atoms with Gasteiger partial charge >= 0.3 is 0 Å². The van der Waals surface area contributed by atoms with Gasteiger partial charge in [0.15, 0.2) is 0 Å². The number of nitrogens with zero attached hydrogens (tertiary/aromatic N) is 2. The number of amides is 1. The molecular formula is C17H26N2O4. The zero-order valence-corrected chi connectivity index (χ0v) is 14.2. The Labute approximate surface area is 137 Å². The molecule has 23 heavy (non-hydrogen) atoms. The molecule has 1 spiro atoms. The van der Waals surface area contributed by atoms with Gasteiger partial charge in [0, 0.05) is 26.3 Å². The Hall–Kier alpha value is -1.40. The number of carbonyl (C=O) groups is 1. The maximum Gasteiger partial charge on any atom is 0.292 e. The van der Waals surface area contributed by atoms with Crippen molar-refractivity contribution >= 4 is 5.91 Å². The Morgan fingerprint density at radius 2 is 2.35 bits per heavy atom. The quantitative estimate of drug-likeness (QED) is 0.851. The molecule has 0 saturated carbocycles. The smallest absolute Gasteiger partial charge is 0.292 e. The normalized spacial score (nSPS) is 28.0. The molecule has 0 aliphatic carbocycles. The lowest BCUT2D eigenvalue weighted by Crippen LogP contribution is -2.57. The van der Waals surface area contributed by atoms with Crippen LogP contribution in [0.15, 0.2) is 10.6 Å². The number of hydrogen-bond acceptors (Lipinski definition) is 5. The maximum atomic E-state index is 12.7. The highest BCUT2D eigenvalue weighted by molar-refractivity contribution is 5.91. The molecule has 128 valence electrons. The number of ether oxygens (including phenoxy) is 2. The van der Waals surface area contributed by atoms with Crippen LogP contribution < -0.4 is 0 Å². The molecule has 0 radical (unpaired) electrons. The molecule has 0 N–H and O–H groups in total. The van der Waals surface area contributed by atoms with Crippen molar-refractivity contribution in [3.05, 3.63) is 17.5 Å². The fourth-order valence-corrected chi connectivity index (χ4v) is 3.67. The molecule has 2 saturated heterocycles. The first-order valence-corrected chi connectivity index (χ1v) is 8.46. The second kappa shape index (κ2) is 6.61. The number of rotatable bonds is 4. The maximum absolute atomic E-state index is 12.7. The minimum absolute atomic E-state index is 0.0826. The summed E-state index contributed by atoms with van der Waals surface area (Å²) in [6.45, 7) is 6.22. The van der Waals surface area contributed by atoms with E-state index < -0.39 is 0 Å². The van der Waals surface area contributed by atoms with E-state index in [0.717, 1.165) is 38.0 Å². The third-order valence-electron chi connectivity index (χ3n) is 4.87. The van der Waals surface area contributed by atoms with Crippen LogP contribution in [-0.2, 0) is 15.9 Å². The van der Waals surface area contributed by atoms with Crippen molar-refractivity contribution in [2.75, 3.05) is 26.8 Å². The van der Waals surface area contributed by atoms with E-state index in [1.807, 2.05) is 0 Å². The number of aromatic nitrogens is 1. The van der Waals surface area contributed by atoms with E-state index in [9.17, 15) is 4.79 Å². The van der Waals surface area contributed by atoms with Gasteiger partial charge in [0.2, 0.25) is 5.76 Å². The molecule has 2 fully saturated rings. The summed E-state index contributed by atoms with van der Waals surface area (Å²) in [6.07, 6.45) is 3.61. The van der Waals surface area contributed by atoms with E-state index in [2.05, 4.69) is 19.0 Å². The number of likely N-dealkylation sites (tertiary alicyclic amines) is 1. The topological polar surface area (TPSA) is 64.8 Å². The Morgan fingerprint density at radius 1 is 1.52 bits per heavy atom. The lowest BCUT2D eigenvalue weighted by atomic mass is 9.85. The van der Waals surface area contributed by atoms with Crippen LogP contribution in [0.4, 0.5) is 0 Å². The highest BCUT2D eigenvalue weighted by Gasteiger charge is 2.47. The standard InChI is InChI=1S/C17H26N2O4/c1-12(2)9-13-10-14(23-18-13)16(20)19-7-6-17(5-4-8-22-17)15(11-19)21-3/h10,12,15H,4-9,11H2,1-3H3/t15-,17-/m0/s1. The minimum atomic E-state index is -0.213. The summed E-state index contributed by atoms with van der Waals surface area (Å²) in [5, 5.41) is 4.00. The summed E-state index contributed by atoms with van der Waals surface area (Å²) >= 11 is 0. The molecule has 1 aromatic heterocycles. The van der Waals surface area contributed by atoms with Crippen molar-refractivity contribution in [2.24, 2.45) is 5.92 Å². The molecule has 3 rings (SSSR count). The summed E-state index contributed by atoms with van der Waals surface area (Å²) in [5.41, 5.74) is 0.620. The van der Waals surface area contributed by atoms with Crippen LogP contribution in [-0.4, -0.2) is 54.5 Å². The monoisotopic (exact) mass is 322 g/mol. The van der Waals surface area contributed by atoms with Crippen LogP contribution in [0, 0.1) is 5.92 Å². The van der Waals surface area contributed by atoms with Crippen molar-refractivity contribution in [3.63, 3.8) is 0 Å². The molecule has 6 nitrogen and oxygen atoms in total. The van der Waals surface area contributed by atoms with Crippen molar-refractivity contribution in [3.8, 4) is 0 Å². The molecular weight excluding hydrogens is 296 g/mol. The van der Waals surface area contributed by atoms with Gasteiger partial charge in [-0.2, -0.15) is 0 Å². The summed E-state index contributed by atoms with van der Waals surface area (Å²) in [6, 6.07) is 1.76. The largest absolute Gasteiger partial charge is 0.377 e. The number of hydrogen-bond donors (Lipinski definition) is 0. The number of methoxy groups -OCH3 is 1. The number of piperidine rings is 1. The molecule has 0 aromatic carbocycles. The molecule has 6 heteroatoms. The van der Waals surface area contributed by atoms with E-state index >= 15 is 0 Å². The third-order valence-corrected chi connectivity index (χ3v) is 4.87. The van der Waals surface area contributed by atoms with Gasteiger partial charge < -0.3 is 18.9 Å². The fourth-order valence-electron chi connectivity index (χ4n) is 3.67. The van der Waals surface area contributed by atoms with Gasteiger partial charge in [0.05, 0.1) is 17.8 Å². The van der Waals surface area contributed by atoms with Crippen molar-refractivity contribution in [1.82, 2.24) is 10.1 Å². The SMILES string of the molecule is CO[C@H]1CN(C(=O)c2cc(CC(C)C)no2)CC[C@@]12CCCO2. The average Bonchev–Trinajstić information content (AvgIpc) is 3.17. The predicted octanol–water partition coefficient (Wildman–Crippen LogP) is 2.28. The minimum Gasteiger partial charge on any atom is -0.377 e. The van der Waals surface area contributed by atoms with Crippen LogP contribution in [0.1, 0.15) is 49.4 Å². The zero-order chi connectivity index (χ0) is 16.4. The highest BCUT2D eigenvalue weighted by Crippen LogP contribution is 2.37. The van der Waals surface area contributed by atoms with Crippen LogP contribution in [0.5, 0.6) is 0 Å². The van der Waals surface area contributed by atoms with Gasteiger partial charge in [-0.05, 0) is 31.6 Å². The molecule has 0 bridgehead atoms. The molecule has 3 heterocycles. The molecule has 1 amide bonds. The Kier molecular flexibility index (Phi) is 4.73. The van der Waals surface area contributed by atoms with E-state index in [0.29, 0.717) is 24.8 Å². The highest BCUT2D eigenvalue weighted by atomic mass is 16.6. The molecule has 2 atom stereocenters. The van der Waals surface area contributed by atoms with Crippen molar-refractivity contribution in [2.45, 2.75) is 51.2 Å². The lowest BCUT2D eigenvalue weighted by Gasteiger charge is -2.43. The van der Waals surface area contributed by atoms with Crippen LogP contribution >= 0.6 is 0 Å². The summed E-state index contributed by atoms with van der Waals surface area (Å²) in [5.74, 6) is 0.691. The third kappa shape index (κ3) is 3.28. The second-order valence-corrected chi connectivity index (χ2v) is 7.02. The Morgan fingerprint density at radius 3 is 3.00 bits per heavy atom. The fraction of sp³-hybridized carbons (Fsp3) is 0.765. The summed E-state index contributed by atoms with van der Waals surface area (Å²) in [4.78, 5) is 14.5. The van der Waals surface area contributed by atoms with Gasteiger partial charge in [0.25, 0.3) is 5.91 Å². The van der Waals surface area contributed by atoms with Gasteiger partial charge in [-0.3, -0.25) is 4.79 Å². The van der Waals surface area contributed by atoms with E-state index in [1.165, 1.54) is 0 Å². The predicted molar refractivity (Wildman–Crippen MR) is 84.3 cm³/mol. The first-order valence-electron chi connectivity index (χ1n) is 8.46. The molecule has 1 aromatic rings. The van der Waals surface area contributed by atoms with Crippen LogP contribution in [0.2, 0.25) is 0 Å². The van der Waals surface area contributed by atoms with Gasteiger partial charge in [-0.25, -0.2) is 0 Å². The van der Waals surface area contributed by atoms with Gasteiger partial charge in [-0.1, -0.05) is 19.0 Å². The Balaban J connectivity index is 1.67. The van der Waals surface area contributed by atoms with Crippen molar-refractivity contribution in [1.29, 1.82) is 0 Å². The molecule has 0 unspecified atom stereocenters. The zero-order valence-electron chi connectivity index (χ0n) is 14.2. The number of carbonyl (C=O) groups excluding carboxylic acids is 1. The molecule has 2 aliphatic heterocycles. The second-order valence-electron chi connectivity index (χ2n) is 7.02. The summed E-state index contributed by atoms with van der Waals surface area (Å²) < 4.78 is 16.9. The van der Waals surface area contributed by atoms with Crippen molar-refractivity contribution < 1.29 is 18.8 Å². The van der Waals surface area contributed by atoms with E-state index in [1.54, 1.807) is 18.1 Å². The van der Waals surface area contributed by atoms with Gasteiger partial charge in [-0.15, -0.1) is 0 Å². The molecule has 2 aliphatic rings. The van der Waals surface area contributed by atoms with Crippen LogP contribution in [0.25, 0.3) is 0 Å². The summed E-state index contributed by atoms with van der Waals surface area (Å²) in [7, 11) is 1.69. The van der Waals surface area contributed by atoms with Crippen LogP contribution in [0.3, 0.4) is 0 Å². The Bertz CT molecular complexity index is 549. The van der Waals surface area contributed by atoms with E-state index in [4.69, 9.17) is 14.0 Å². The van der Waals surface area contributed by atoms with Gasteiger partial charge in [0.1, 0.15) is 6.10 Å². The first-order chi connectivity index (χ1) is 11.0.